The molecule has 15 heavy (non-hydrogen) atoms. The van der Waals surface area contributed by atoms with Crippen molar-refractivity contribution in [3.8, 4) is 0 Å². The summed E-state index contributed by atoms with van der Waals surface area (Å²) in [5.41, 5.74) is 1.22. The highest BCUT2D eigenvalue weighted by Gasteiger charge is 2.12. The van der Waals surface area contributed by atoms with Crippen molar-refractivity contribution in [1.82, 2.24) is 4.98 Å². The molecule has 0 unspecified atom stereocenters. The number of anilines is 2. The Kier molecular flexibility index (Phi) is 3.36. The molecule has 1 aromatic rings. The zero-order valence-electron chi connectivity index (χ0n) is 9.31. The van der Waals surface area contributed by atoms with Gasteiger partial charge < -0.3 is 9.80 Å². The Morgan fingerprint density at radius 3 is 2.73 bits per heavy atom. The average molecular weight is 223 g/mol. The SMILES string of the molecule is CN(C)c1ccnc(N2CCSCC2)c1. The number of thioether (sulfide) groups is 1. The quantitative estimate of drug-likeness (QED) is 0.760. The number of hydrogen-bond donors (Lipinski definition) is 0. The topological polar surface area (TPSA) is 19.4 Å². The first-order valence-electron chi connectivity index (χ1n) is 5.23. The molecule has 2 heterocycles. The van der Waals surface area contributed by atoms with E-state index in [2.05, 4.69) is 34.9 Å². The number of aromatic nitrogens is 1. The molecular weight excluding hydrogens is 206 g/mol. The summed E-state index contributed by atoms with van der Waals surface area (Å²) in [5.74, 6) is 3.54. The molecule has 1 aliphatic heterocycles. The van der Waals surface area contributed by atoms with Gasteiger partial charge in [0.25, 0.3) is 0 Å². The summed E-state index contributed by atoms with van der Waals surface area (Å²) in [7, 11) is 4.12. The Morgan fingerprint density at radius 1 is 1.33 bits per heavy atom. The van der Waals surface area contributed by atoms with Crippen LogP contribution in [0.1, 0.15) is 0 Å². The summed E-state index contributed by atoms with van der Waals surface area (Å²) < 4.78 is 0. The molecule has 0 spiro atoms. The monoisotopic (exact) mass is 223 g/mol. The van der Waals surface area contributed by atoms with Gasteiger partial charge in [-0.1, -0.05) is 0 Å². The van der Waals surface area contributed by atoms with Gasteiger partial charge in [0.2, 0.25) is 0 Å². The maximum atomic E-state index is 4.44. The Bertz CT molecular complexity index is 321. The van der Waals surface area contributed by atoms with Gasteiger partial charge in [-0.3, -0.25) is 0 Å². The van der Waals surface area contributed by atoms with Crippen LogP contribution in [-0.4, -0.2) is 43.7 Å². The molecule has 0 amide bonds. The fourth-order valence-electron chi connectivity index (χ4n) is 1.65. The normalized spacial score (nSPS) is 16.5. The summed E-state index contributed by atoms with van der Waals surface area (Å²) in [5, 5.41) is 0. The van der Waals surface area contributed by atoms with Crippen molar-refractivity contribution in [3.63, 3.8) is 0 Å². The Balaban J connectivity index is 2.16. The summed E-state index contributed by atoms with van der Waals surface area (Å²) in [6.07, 6.45) is 1.90. The molecule has 0 saturated carbocycles. The molecule has 1 aromatic heterocycles. The minimum absolute atomic E-state index is 1.11. The second-order valence-electron chi connectivity index (χ2n) is 3.87. The van der Waals surface area contributed by atoms with E-state index >= 15 is 0 Å². The van der Waals surface area contributed by atoms with Crippen molar-refractivity contribution in [2.24, 2.45) is 0 Å². The van der Waals surface area contributed by atoms with Crippen LogP contribution in [0.4, 0.5) is 11.5 Å². The van der Waals surface area contributed by atoms with Crippen LogP contribution >= 0.6 is 11.8 Å². The van der Waals surface area contributed by atoms with E-state index in [4.69, 9.17) is 0 Å². The van der Waals surface area contributed by atoms with E-state index in [1.807, 2.05) is 24.0 Å². The zero-order valence-corrected chi connectivity index (χ0v) is 10.1. The molecule has 3 nitrogen and oxygen atoms in total. The molecule has 1 aliphatic rings. The predicted molar refractivity (Wildman–Crippen MR) is 68.1 cm³/mol. The smallest absolute Gasteiger partial charge is 0.130 e. The van der Waals surface area contributed by atoms with E-state index < -0.39 is 0 Å². The molecule has 0 aliphatic carbocycles. The van der Waals surface area contributed by atoms with E-state index in [0.29, 0.717) is 0 Å². The molecule has 2 rings (SSSR count). The lowest BCUT2D eigenvalue weighted by Crippen LogP contribution is -2.33. The second kappa shape index (κ2) is 4.75. The Hall–Kier alpha value is -0.900. The fourth-order valence-corrected chi connectivity index (χ4v) is 2.55. The third kappa shape index (κ3) is 2.56. The summed E-state index contributed by atoms with van der Waals surface area (Å²) in [6, 6.07) is 4.21. The van der Waals surface area contributed by atoms with Gasteiger partial charge >= 0.3 is 0 Å². The molecular formula is C11H17N3S. The van der Waals surface area contributed by atoms with Crippen LogP contribution in [0.25, 0.3) is 0 Å². The van der Waals surface area contributed by atoms with Crippen molar-refractivity contribution in [3.05, 3.63) is 18.3 Å². The highest BCUT2D eigenvalue weighted by atomic mass is 32.2. The first-order valence-corrected chi connectivity index (χ1v) is 6.39. The maximum absolute atomic E-state index is 4.44. The van der Waals surface area contributed by atoms with Crippen molar-refractivity contribution in [2.45, 2.75) is 0 Å². The molecule has 0 aromatic carbocycles. The van der Waals surface area contributed by atoms with Crippen LogP contribution in [0, 0.1) is 0 Å². The van der Waals surface area contributed by atoms with E-state index in [-0.39, 0.29) is 0 Å². The van der Waals surface area contributed by atoms with Gasteiger partial charge in [-0.15, -0.1) is 0 Å². The van der Waals surface area contributed by atoms with Crippen LogP contribution in [0.15, 0.2) is 18.3 Å². The molecule has 1 fully saturated rings. The van der Waals surface area contributed by atoms with Gasteiger partial charge in [0.15, 0.2) is 0 Å². The van der Waals surface area contributed by atoms with Crippen molar-refractivity contribution in [1.29, 1.82) is 0 Å². The first kappa shape index (κ1) is 10.6. The standard InChI is InChI=1S/C11H17N3S/c1-13(2)10-3-4-12-11(9-10)14-5-7-15-8-6-14/h3-4,9H,5-8H2,1-2H3. The lowest BCUT2D eigenvalue weighted by atomic mass is 10.3. The maximum Gasteiger partial charge on any atom is 0.130 e. The molecule has 0 radical (unpaired) electrons. The van der Waals surface area contributed by atoms with Crippen LogP contribution < -0.4 is 9.80 Å². The largest absolute Gasteiger partial charge is 0.378 e. The minimum atomic E-state index is 1.11. The van der Waals surface area contributed by atoms with Crippen LogP contribution in [-0.2, 0) is 0 Å². The van der Waals surface area contributed by atoms with Crippen LogP contribution in [0.3, 0.4) is 0 Å². The summed E-state index contributed by atoms with van der Waals surface area (Å²) in [6.45, 7) is 2.24. The van der Waals surface area contributed by atoms with E-state index in [1.54, 1.807) is 0 Å². The number of rotatable bonds is 2. The molecule has 0 bridgehead atoms. The van der Waals surface area contributed by atoms with Gasteiger partial charge in [-0.2, -0.15) is 11.8 Å². The minimum Gasteiger partial charge on any atom is -0.378 e. The molecule has 0 atom stereocenters. The van der Waals surface area contributed by atoms with Gasteiger partial charge in [0, 0.05) is 56.6 Å². The third-order valence-corrected chi connectivity index (χ3v) is 3.52. The van der Waals surface area contributed by atoms with E-state index in [1.165, 1.54) is 17.2 Å². The molecule has 0 N–H and O–H groups in total. The lowest BCUT2D eigenvalue weighted by Gasteiger charge is -2.28. The van der Waals surface area contributed by atoms with Crippen molar-refractivity contribution < 1.29 is 0 Å². The predicted octanol–water partition coefficient (Wildman–Crippen LogP) is 1.70. The zero-order chi connectivity index (χ0) is 10.7. The number of hydrogen-bond acceptors (Lipinski definition) is 4. The fraction of sp³-hybridized carbons (Fsp3) is 0.545. The third-order valence-electron chi connectivity index (χ3n) is 2.58. The Morgan fingerprint density at radius 2 is 2.07 bits per heavy atom. The highest BCUT2D eigenvalue weighted by Crippen LogP contribution is 2.21. The number of nitrogens with zero attached hydrogens (tertiary/aromatic N) is 3. The van der Waals surface area contributed by atoms with Crippen molar-refractivity contribution >= 4 is 23.3 Å². The second-order valence-corrected chi connectivity index (χ2v) is 5.09. The van der Waals surface area contributed by atoms with Gasteiger partial charge in [-0.05, 0) is 6.07 Å². The van der Waals surface area contributed by atoms with Gasteiger partial charge in [0.1, 0.15) is 5.82 Å². The molecule has 82 valence electrons. The summed E-state index contributed by atoms with van der Waals surface area (Å²) in [4.78, 5) is 8.92. The Labute approximate surface area is 95.5 Å². The highest BCUT2D eigenvalue weighted by molar-refractivity contribution is 7.99. The first-order chi connectivity index (χ1) is 7.27. The van der Waals surface area contributed by atoms with Crippen molar-refractivity contribution in [2.75, 3.05) is 48.5 Å². The summed E-state index contributed by atoms with van der Waals surface area (Å²) >= 11 is 2.02. The lowest BCUT2D eigenvalue weighted by molar-refractivity contribution is 0.838. The average Bonchev–Trinajstić information content (AvgIpc) is 2.30. The van der Waals surface area contributed by atoms with Crippen LogP contribution in [0.2, 0.25) is 0 Å². The molecule has 1 saturated heterocycles. The van der Waals surface area contributed by atoms with Gasteiger partial charge in [-0.25, -0.2) is 4.98 Å². The van der Waals surface area contributed by atoms with E-state index in [9.17, 15) is 0 Å². The molecule has 4 heteroatoms. The number of pyridine rings is 1. The van der Waals surface area contributed by atoms with Crippen LogP contribution in [0.5, 0.6) is 0 Å². The van der Waals surface area contributed by atoms with E-state index in [0.717, 1.165) is 18.9 Å². The van der Waals surface area contributed by atoms with Gasteiger partial charge in [0.05, 0.1) is 0 Å².